The van der Waals surface area contributed by atoms with E-state index >= 15 is 0 Å². The number of sulfonamides is 1. The van der Waals surface area contributed by atoms with Crippen LogP contribution in [-0.2, 0) is 25.1 Å². The third-order valence-corrected chi connectivity index (χ3v) is 3.89. The number of ether oxygens (including phenoxy) is 2. The van der Waals surface area contributed by atoms with Crippen LogP contribution in [0, 0.1) is 0 Å². The van der Waals surface area contributed by atoms with Crippen molar-refractivity contribution in [3.8, 4) is 0 Å². The number of benzene rings is 1. The molecule has 92 valence electrons. The van der Waals surface area contributed by atoms with Crippen LogP contribution in [0.1, 0.15) is 12.5 Å². The Hall–Kier alpha value is -1.56. The van der Waals surface area contributed by atoms with Crippen LogP contribution < -0.4 is 0 Å². The van der Waals surface area contributed by atoms with Crippen LogP contribution in [0.15, 0.2) is 34.7 Å². The van der Waals surface area contributed by atoms with Crippen LogP contribution in [-0.4, -0.2) is 27.4 Å². The number of hydrogen-bond acceptors (Lipinski definition) is 4. The molecule has 1 atom stereocenters. The summed E-state index contributed by atoms with van der Waals surface area (Å²) in [6.07, 6.45) is -0.220. The SMILES string of the molecule is COC1=NS(=O)(=O)C[C@@](C)(c2ccccc2)O1. The standard InChI is InChI=1S/C11H13NO4S/c1-11(9-6-4-3-5-7-9)8-17(13,14)12-10(15-2)16-11/h3-7H,8H2,1-2H3/t11-/m0/s1. The fourth-order valence-electron chi connectivity index (χ4n) is 1.75. The van der Waals surface area contributed by atoms with Crippen molar-refractivity contribution in [3.05, 3.63) is 35.9 Å². The second-order valence-electron chi connectivity index (χ2n) is 3.99. The van der Waals surface area contributed by atoms with E-state index in [4.69, 9.17) is 9.47 Å². The maximum Gasteiger partial charge on any atom is 0.400 e. The molecule has 0 fully saturated rings. The maximum absolute atomic E-state index is 11.7. The molecule has 1 aliphatic heterocycles. The molecule has 0 aromatic heterocycles. The predicted octanol–water partition coefficient (Wildman–Crippen LogP) is 1.26. The van der Waals surface area contributed by atoms with Gasteiger partial charge in [-0.3, -0.25) is 0 Å². The van der Waals surface area contributed by atoms with E-state index in [-0.39, 0.29) is 11.8 Å². The fourth-order valence-corrected chi connectivity index (χ4v) is 3.07. The first kappa shape index (κ1) is 11.9. The number of hydrogen-bond donors (Lipinski definition) is 0. The Labute approximate surface area is 100 Å². The quantitative estimate of drug-likeness (QED) is 0.758. The van der Waals surface area contributed by atoms with Crippen molar-refractivity contribution in [2.75, 3.05) is 12.9 Å². The lowest BCUT2D eigenvalue weighted by Gasteiger charge is -2.32. The van der Waals surface area contributed by atoms with Crippen molar-refractivity contribution < 1.29 is 17.9 Å². The van der Waals surface area contributed by atoms with Gasteiger partial charge in [0.2, 0.25) is 0 Å². The van der Waals surface area contributed by atoms with Gasteiger partial charge < -0.3 is 9.47 Å². The van der Waals surface area contributed by atoms with Crippen LogP contribution in [0.3, 0.4) is 0 Å². The van der Waals surface area contributed by atoms with E-state index in [1.165, 1.54) is 7.11 Å². The molecule has 0 spiro atoms. The van der Waals surface area contributed by atoms with Gasteiger partial charge >= 0.3 is 6.08 Å². The highest BCUT2D eigenvalue weighted by Gasteiger charge is 2.40. The van der Waals surface area contributed by atoms with E-state index in [2.05, 4.69) is 4.40 Å². The molecule has 0 unspecified atom stereocenters. The van der Waals surface area contributed by atoms with Gasteiger partial charge in [0.15, 0.2) is 5.60 Å². The first-order chi connectivity index (χ1) is 7.95. The Morgan fingerprint density at radius 2 is 2.00 bits per heavy atom. The lowest BCUT2D eigenvalue weighted by atomic mass is 9.98. The summed E-state index contributed by atoms with van der Waals surface area (Å²) in [6.45, 7) is 1.70. The molecular formula is C11H13NO4S. The molecule has 1 heterocycles. The second kappa shape index (κ2) is 4.03. The lowest BCUT2D eigenvalue weighted by Crippen LogP contribution is -2.40. The lowest BCUT2D eigenvalue weighted by molar-refractivity contribution is 0.0499. The first-order valence-corrected chi connectivity index (χ1v) is 6.67. The molecule has 5 nitrogen and oxygen atoms in total. The third kappa shape index (κ3) is 2.41. The molecular weight excluding hydrogens is 242 g/mol. The van der Waals surface area contributed by atoms with Crippen molar-refractivity contribution in [1.82, 2.24) is 0 Å². The number of rotatable bonds is 1. The highest BCUT2D eigenvalue weighted by Crippen LogP contribution is 2.31. The van der Waals surface area contributed by atoms with Gasteiger partial charge in [-0.15, -0.1) is 0 Å². The van der Waals surface area contributed by atoms with Gasteiger partial charge in [-0.1, -0.05) is 34.7 Å². The molecule has 6 heteroatoms. The molecule has 0 amide bonds. The summed E-state index contributed by atoms with van der Waals surface area (Å²) in [5.41, 5.74) is -0.194. The summed E-state index contributed by atoms with van der Waals surface area (Å²) >= 11 is 0. The van der Waals surface area contributed by atoms with E-state index in [9.17, 15) is 8.42 Å². The molecule has 1 aromatic rings. The van der Waals surface area contributed by atoms with Crippen molar-refractivity contribution in [3.63, 3.8) is 0 Å². The Morgan fingerprint density at radius 1 is 1.35 bits per heavy atom. The van der Waals surface area contributed by atoms with Gasteiger partial charge in [0.05, 0.1) is 7.11 Å². The summed E-state index contributed by atoms with van der Waals surface area (Å²) in [5.74, 6) is -0.198. The molecule has 0 radical (unpaired) electrons. The maximum atomic E-state index is 11.7. The zero-order valence-corrected chi connectivity index (χ0v) is 10.4. The molecule has 1 aromatic carbocycles. The highest BCUT2D eigenvalue weighted by atomic mass is 32.2. The van der Waals surface area contributed by atoms with Gasteiger partial charge in [-0.2, -0.15) is 0 Å². The summed E-state index contributed by atoms with van der Waals surface area (Å²) in [5, 5.41) is 0. The minimum Gasteiger partial charge on any atom is -0.453 e. The van der Waals surface area contributed by atoms with Crippen LogP contribution in [0.2, 0.25) is 0 Å². The molecule has 0 saturated carbocycles. The molecule has 2 rings (SSSR count). The van der Waals surface area contributed by atoms with E-state index in [0.29, 0.717) is 0 Å². The normalized spacial score (nSPS) is 26.8. The molecule has 0 N–H and O–H groups in total. The summed E-state index contributed by atoms with van der Waals surface area (Å²) in [7, 11) is -2.24. The van der Waals surface area contributed by atoms with E-state index in [1.54, 1.807) is 6.92 Å². The summed E-state index contributed by atoms with van der Waals surface area (Å²) < 4.78 is 37.0. The Bertz CT molecular complexity index is 538. The Morgan fingerprint density at radius 3 is 2.59 bits per heavy atom. The zero-order chi connectivity index (χ0) is 12.5. The third-order valence-electron chi connectivity index (χ3n) is 2.54. The van der Waals surface area contributed by atoms with Crippen molar-refractivity contribution in [1.29, 1.82) is 0 Å². The minimum absolute atomic E-state index is 0.198. The van der Waals surface area contributed by atoms with Crippen molar-refractivity contribution in [2.24, 2.45) is 4.40 Å². The molecule has 0 aliphatic carbocycles. The molecule has 0 saturated heterocycles. The van der Waals surface area contributed by atoms with Crippen molar-refractivity contribution >= 4 is 16.1 Å². The molecule has 1 aliphatic rings. The van der Waals surface area contributed by atoms with E-state index in [1.807, 2.05) is 30.3 Å². The van der Waals surface area contributed by atoms with Crippen molar-refractivity contribution in [2.45, 2.75) is 12.5 Å². The average molecular weight is 255 g/mol. The molecule has 17 heavy (non-hydrogen) atoms. The van der Waals surface area contributed by atoms with E-state index < -0.39 is 15.6 Å². The number of nitrogens with zero attached hydrogens (tertiary/aromatic N) is 1. The molecule has 0 bridgehead atoms. The van der Waals surface area contributed by atoms with Crippen LogP contribution in [0.4, 0.5) is 0 Å². The minimum atomic E-state index is -3.56. The van der Waals surface area contributed by atoms with Gasteiger partial charge in [0.1, 0.15) is 5.75 Å². The highest BCUT2D eigenvalue weighted by molar-refractivity contribution is 7.90. The van der Waals surface area contributed by atoms with E-state index in [0.717, 1.165) is 5.56 Å². The fraction of sp³-hybridized carbons (Fsp3) is 0.364. The van der Waals surface area contributed by atoms with Gasteiger partial charge in [0, 0.05) is 0 Å². The zero-order valence-electron chi connectivity index (χ0n) is 9.58. The van der Waals surface area contributed by atoms with Gasteiger partial charge in [0.25, 0.3) is 10.0 Å². The topological polar surface area (TPSA) is 65.0 Å². The Kier molecular flexibility index (Phi) is 2.82. The van der Waals surface area contributed by atoms with Crippen LogP contribution >= 0.6 is 0 Å². The average Bonchev–Trinajstić information content (AvgIpc) is 2.28. The first-order valence-electron chi connectivity index (χ1n) is 5.06. The number of methoxy groups -OCH3 is 1. The Balaban J connectivity index is 2.45. The second-order valence-corrected chi connectivity index (χ2v) is 5.62. The monoisotopic (exact) mass is 255 g/mol. The predicted molar refractivity (Wildman–Crippen MR) is 63.1 cm³/mol. The smallest absolute Gasteiger partial charge is 0.400 e. The van der Waals surface area contributed by atoms with Gasteiger partial charge in [-0.25, -0.2) is 8.42 Å². The van der Waals surface area contributed by atoms with Crippen LogP contribution in [0.5, 0.6) is 0 Å². The summed E-state index contributed by atoms with van der Waals surface area (Å²) in [6, 6.07) is 9.14. The summed E-state index contributed by atoms with van der Waals surface area (Å²) in [4.78, 5) is 0. The van der Waals surface area contributed by atoms with Crippen LogP contribution in [0.25, 0.3) is 0 Å². The largest absolute Gasteiger partial charge is 0.453 e. The van der Waals surface area contributed by atoms with Gasteiger partial charge in [-0.05, 0) is 12.5 Å².